The first-order valence-electron chi connectivity index (χ1n) is 6.20. The van der Waals surface area contributed by atoms with Gasteiger partial charge in [-0.1, -0.05) is 12.8 Å². The number of fused-ring (bicyclic) bond motifs is 1. The lowest BCUT2D eigenvalue weighted by Gasteiger charge is -2.26. The number of methoxy groups -OCH3 is 1. The van der Waals surface area contributed by atoms with Crippen molar-refractivity contribution in [1.82, 2.24) is 9.97 Å². The van der Waals surface area contributed by atoms with Crippen molar-refractivity contribution in [2.24, 2.45) is 5.41 Å². The average Bonchev–Trinajstić information content (AvgIpc) is 2.74. The topological polar surface area (TPSA) is 59.1 Å². The quantitative estimate of drug-likeness (QED) is 0.777. The first kappa shape index (κ1) is 10.6. The van der Waals surface area contributed by atoms with Gasteiger partial charge in [-0.25, -0.2) is 4.98 Å². The minimum Gasteiger partial charge on any atom is -0.479 e. The fraction of sp³-hybridized carbons (Fsp3) is 0.667. The molecule has 2 aliphatic rings. The van der Waals surface area contributed by atoms with Crippen LogP contribution in [0, 0.1) is 5.41 Å². The lowest BCUT2D eigenvalue weighted by atomic mass is 9.86. The van der Waals surface area contributed by atoms with Crippen molar-refractivity contribution < 1.29 is 4.74 Å². The van der Waals surface area contributed by atoms with Crippen LogP contribution in [0.4, 0.5) is 11.5 Å². The molecule has 1 saturated carbocycles. The van der Waals surface area contributed by atoms with Crippen molar-refractivity contribution in [3.05, 3.63) is 6.33 Å². The van der Waals surface area contributed by atoms with Crippen LogP contribution in [0.3, 0.4) is 0 Å². The molecule has 0 atom stereocenters. The maximum Gasteiger partial charge on any atom is 0.242 e. The molecule has 5 nitrogen and oxygen atoms in total. The van der Waals surface area contributed by atoms with Crippen LogP contribution in [0.5, 0.6) is 5.88 Å². The summed E-state index contributed by atoms with van der Waals surface area (Å²) in [7, 11) is 1.64. The third-order valence-corrected chi connectivity index (χ3v) is 3.94. The number of nitrogens with zero attached hydrogens (tertiary/aromatic N) is 2. The van der Waals surface area contributed by atoms with Crippen LogP contribution in [0.25, 0.3) is 0 Å². The molecule has 1 aromatic rings. The zero-order chi connectivity index (χ0) is 11.7. The van der Waals surface area contributed by atoms with Crippen LogP contribution >= 0.6 is 0 Å². The molecule has 92 valence electrons. The molecule has 1 spiro atoms. The molecule has 1 aliphatic heterocycles. The first-order chi connectivity index (χ1) is 8.33. The molecule has 0 amide bonds. The van der Waals surface area contributed by atoms with Gasteiger partial charge in [-0.05, 0) is 12.8 Å². The summed E-state index contributed by atoms with van der Waals surface area (Å²) < 4.78 is 5.27. The minimum atomic E-state index is 0.381. The van der Waals surface area contributed by atoms with Crippen LogP contribution in [0.1, 0.15) is 25.7 Å². The summed E-state index contributed by atoms with van der Waals surface area (Å²) in [6.45, 7) is 1.98. The van der Waals surface area contributed by atoms with E-state index in [1.165, 1.54) is 25.7 Å². The Balaban J connectivity index is 1.89. The van der Waals surface area contributed by atoms with Gasteiger partial charge < -0.3 is 15.4 Å². The molecular formula is C12H18N4O. The molecule has 0 aromatic carbocycles. The third kappa shape index (κ3) is 1.79. The summed E-state index contributed by atoms with van der Waals surface area (Å²) in [6, 6.07) is 0. The van der Waals surface area contributed by atoms with E-state index in [2.05, 4.69) is 20.6 Å². The molecular weight excluding hydrogens is 216 g/mol. The van der Waals surface area contributed by atoms with Crippen molar-refractivity contribution in [2.75, 3.05) is 30.8 Å². The highest BCUT2D eigenvalue weighted by Crippen LogP contribution is 2.42. The van der Waals surface area contributed by atoms with Crippen LogP contribution in [0.15, 0.2) is 6.33 Å². The summed E-state index contributed by atoms with van der Waals surface area (Å²) in [5, 5.41) is 6.90. The van der Waals surface area contributed by atoms with Crippen molar-refractivity contribution in [1.29, 1.82) is 0 Å². The largest absolute Gasteiger partial charge is 0.479 e. The molecule has 0 unspecified atom stereocenters. The molecule has 3 rings (SSSR count). The zero-order valence-corrected chi connectivity index (χ0v) is 10.1. The molecule has 0 radical (unpaired) electrons. The van der Waals surface area contributed by atoms with Gasteiger partial charge >= 0.3 is 0 Å². The molecule has 0 bridgehead atoms. The summed E-state index contributed by atoms with van der Waals surface area (Å²) in [5.41, 5.74) is 1.28. The second-order valence-electron chi connectivity index (χ2n) is 5.02. The van der Waals surface area contributed by atoms with E-state index < -0.39 is 0 Å². The van der Waals surface area contributed by atoms with Gasteiger partial charge in [0.2, 0.25) is 5.88 Å². The number of hydrogen-bond acceptors (Lipinski definition) is 5. The zero-order valence-electron chi connectivity index (χ0n) is 10.1. The Morgan fingerprint density at radius 2 is 1.94 bits per heavy atom. The van der Waals surface area contributed by atoms with Gasteiger partial charge in [0.1, 0.15) is 12.0 Å². The highest BCUT2D eigenvalue weighted by Gasteiger charge is 2.36. The van der Waals surface area contributed by atoms with Crippen LogP contribution in [0.2, 0.25) is 0 Å². The molecule has 1 aromatic heterocycles. The normalized spacial score (nSPS) is 21.2. The summed E-state index contributed by atoms with van der Waals surface area (Å²) in [5.74, 6) is 1.48. The van der Waals surface area contributed by atoms with Crippen molar-refractivity contribution >= 4 is 11.5 Å². The summed E-state index contributed by atoms with van der Waals surface area (Å²) in [4.78, 5) is 8.41. The molecule has 17 heavy (non-hydrogen) atoms. The fourth-order valence-corrected chi connectivity index (χ4v) is 2.91. The maximum absolute atomic E-state index is 5.27. The number of hydrogen-bond donors (Lipinski definition) is 2. The highest BCUT2D eigenvalue weighted by molar-refractivity contribution is 5.70. The Labute approximate surface area is 101 Å². The molecule has 0 saturated heterocycles. The Bertz CT molecular complexity index is 415. The maximum atomic E-state index is 5.27. The summed E-state index contributed by atoms with van der Waals surface area (Å²) >= 11 is 0. The van der Waals surface area contributed by atoms with E-state index in [0.29, 0.717) is 11.3 Å². The highest BCUT2D eigenvalue weighted by atomic mass is 16.5. The van der Waals surface area contributed by atoms with Gasteiger partial charge in [0.05, 0.1) is 7.11 Å². The second-order valence-corrected chi connectivity index (χ2v) is 5.02. The van der Waals surface area contributed by atoms with Crippen LogP contribution in [-0.2, 0) is 0 Å². The van der Waals surface area contributed by atoms with E-state index in [-0.39, 0.29) is 0 Å². The van der Waals surface area contributed by atoms with E-state index in [9.17, 15) is 0 Å². The Hall–Kier alpha value is -1.52. The summed E-state index contributed by atoms with van der Waals surface area (Å²) in [6.07, 6.45) is 6.79. The van der Waals surface area contributed by atoms with Gasteiger partial charge in [-0.2, -0.15) is 4.98 Å². The Morgan fingerprint density at radius 3 is 2.71 bits per heavy atom. The van der Waals surface area contributed by atoms with Crippen molar-refractivity contribution in [2.45, 2.75) is 25.7 Å². The number of anilines is 2. The first-order valence-corrected chi connectivity index (χ1v) is 6.20. The van der Waals surface area contributed by atoms with E-state index in [1.54, 1.807) is 13.4 Å². The van der Waals surface area contributed by atoms with E-state index in [4.69, 9.17) is 4.74 Å². The SMILES string of the molecule is COc1ncnc2c1NCC1(CCCC1)CN2. The Morgan fingerprint density at radius 1 is 1.18 bits per heavy atom. The number of aromatic nitrogens is 2. The molecule has 1 fully saturated rings. The van der Waals surface area contributed by atoms with E-state index in [0.717, 1.165) is 24.6 Å². The number of rotatable bonds is 1. The minimum absolute atomic E-state index is 0.381. The van der Waals surface area contributed by atoms with Gasteiger partial charge in [0.15, 0.2) is 5.82 Å². The van der Waals surface area contributed by atoms with Crippen LogP contribution < -0.4 is 15.4 Å². The molecule has 2 N–H and O–H groups in total. The molecule has 5 heteroatoms. The third-order valence-electron chi connectivity index (χ3n) is 3.94. The number of nitrogens with one attached hydrogen (secondary N) is 2. The fourth-order valence-electron chi connectivity index (χ4n) is 2.91. The number of ether oxygens (including phenoxy) is 1. The van der Waals surface area contributed by atoms with Crippen molar-refractivity contribution in [3.63, 3.8) is 0 Å². The van der Waals surface area contributed by atoms with E-state index >= 15 is 0 Å². The predicted molar refractivity (Wildman–Crippen MR) is 66.5 cm³/mol. The smallest absolute Gasteiger partial charge is 0.242 e. The molecule has 1 aliphatic carbocycles. The van der Waals surface area contributed by atoms with Gasteiger partial charge in [-0.15, -0.1) is 0 Å². The van der Waals surface area contributed by atoms with Crippen molar-refractivity contribution in [3.8, 4) is 5.88 Å². The lowest BCUT2D eigenvalue weighted by Crippen LogP contribution is -2.31. The molecule has 2 heterocycles. The van der Waals surface area contributed by atoms with Crippen LogP contribution in [-0.4, -0.2) is 30.2 Å². The Kier molecular flexibility index (Phi) is 2.53. The van der Waals surface area contributed by atoms with E-state index in [1.807, 2.05) is 0 Å². The monoisotopic (exact) mass is 234 g/mol. The standard InChI is InChI=1S/C12H18N4O/c1-17-11-9-10(15-8-16-11)14-7-12(6-13-9)4-2-3-5-12/h8,13H,2-7H2,1H3,(H,14,15,16). The second kappa shape index (κ2) is 4.05. The van der Waals surface area contributed by atoms with Gasteiger partial charge in [0.25, 0.3) is 0 Å². The van der Waals surface area contributed by atoms with Gasteiger partial charge in [-0.3, -0.25) is 0 Å². The lowest BCUT2D eigenvalue weighted by molar-refractivity contribution is 0.345. The average molecular weight is 234 g/mol. The predicted octanol–water partition coefficient (Wildman–Crippen LogP) is 1.88. The van der Waals surface area contributed by atoms with Gasteiger partial charge in [0, 0.05) is 18.5 Å².